The highest BCUT2D eigenvalue weighted by Crippen LogP contribution is 2.32. The van der Waals surface area contributed by atoms with E-state index in [-0.39, 0.29) is 5.75 Å². The molecule has 3 aromatic rings. The number of rotatable bonds is 0. The summed E-state index contributed by atoms with van der Waals surface area (Å²) in [7, 11) is 0. The number of aromatic hydroxyl groups is 1. The highest BCUT2D eigenvalue weighted by molar-refractivity contribution is 6.06. The van der Waals surface area contributed by atoms with Crippen LogP contribution in [0.25, 0.3) is 21.9 Å². The molecule has 0 aliphatic heterocycles. The fourth-order valence-electron chi connectivity index (χ4n) is 1.85. The number of hydrogen-bond donors (Lipinski definition) is 1. The monoisotopic (exact) mass is 199 g/mol. The Bertz CT molecular complexity index is 655. The van der Waals surface area contributed by atoms with Gasteiger partial charge < -0.3 is 9.52 Å². The second kappa shape index (κ2) is 2.73. The number of fused-ring (bicyclic) bond motifs is 3. The zero-order valence-electron chi connectivity index (χ0n) is 8.19. The molecule has 1 aromatic heterocycles. The Hall–Kier alpha value is -2.03. The van der Waals surface area contributed by atoms with E-state index in [4.69, 9.17) is 4.42 Å². The summed E-state index contributed by atoms with van der Waals surface area (Å²) in [6, 6.07) is 9.22. The Morgan fingerprint density at radius 2 is 1.93 bits per heavy atom. The van der Waals surface area contributed by atoms with Crippen LogP contribution >= 0.6 is 0 Å². The number of phenols is 1. The summed E-state index contributed by atoms with van der Waals surface area (Å²) in [6.07, 6.45) is 0. The normalized spacial score (nSPS) is 11.3. The molecule has 1 N–H and O–H groups in total. The van der Waals surface area contributed by atoms with Gasteiger partial charge in [0.2, 0.25) is 0 Å². The van der Waals surface area contributed by atoms with Crippen LogP contribution in [-0.4, -0.2) is 10.1 Å². The van der Waals surface area contributed by atoms with E-state index in [1.807, 2.05) is 24.3 Å². The Morgan fingerprint density at radius 3 is 2.73 bits per heavy atom. The largest absolute Gasteiger partial charge is 0.507 e. The van der Waals surface area contributed by atoms with E-state index in [1.165, 1.54) is 0 Å². The zero-order chi connectivity index (χ0) is 10.4. The van der Waals surface area contributed by atoms with Crippen molar-refractivity contribution >= 4 is 21.9 Å². The predicted molar refractivity (Wildman–Crippen MR) is 57.9 cm³/mol. The van der Waals surface area contributed by atoms with Gasteiger partial charge in [0.15, 0.2) is 11.5 Å². The van der Waals surface area contributed by atoms with Crippen LogP contribution in [0.3, 0.4) is 0 Å². The molecule has 1 heterocycles. The van der Waals surface area contributed by atoms with Gasteiger partial charge in [0.05, 0.1) is 0 Å². The minimum Gasteiger partial charge on any atom is -0.507 e. The molecule has 0 saturated carbocycles. The average Bonchev–Trinajstić information content (AvgIpc) is 2.59. The molecular formula is C12H9NO2. The Balaban J connectivity index is 2.62. The smallest absolute Gasteiger partial charge is 0.192 e. The maximum Gasteiger partial charge on any atom is 0.192 e. The van der Waals surface area contributed by atoms with Gasteiger partial charge in [-0.1, -0.05) is 24.3 Å². The van der Waals surface area contributed by atoms with Gasteiger partial charge in [0.25, 0.3) is 0 Å². The molecule has 3 rings (SSSR count). The molecule has 3 heteroatoms. The van der Waals surface area contributed by atoms with Crippen LogP contribution in [0.4, 0.5) is 0 Å². The van der Waals surface area contributed by atoms with Crippen molar-refractivity contribution in [2.45, 2.75) is 6.92 Å². The zero-order valence-corrected chi connectivity index (χ0v) is 8.19. The SMILES string of the molecule is Cc1nc2cc(O)c3ccccc3c2o1. The molecule has 74 valence electrons. The summed E-state index contributed by atoms with van der Waals surface area (Å²) in [6.45, 7) is 1.80. The van der Waals surface area contributed by atoms with Crippen molar-refractivity contribution in [1.29, 1.82) is 0 Å². The number of hydrogen-bond acceptors (Lipinski definition) is 3. The van der Waals surface area contributed by atoms with Gasteiger partial charge in [-0.15, -0.1) is 0 Å². The molecule has 0 amide bonds. The van der Waals surface area contributed by atoms with Crippen LogP contribution in [-0.2, 0) is 0 Å². The molecule has 0 aliphatic carbocycles. The van der Waals surface area contributed by atoms with Crippen molar-refractivity contribution in [3.05, 3.63) is 36.2 Å². The minimum absolute atomic E-state index is 0.242. The van der Waals surface area contributed by atoms with Crippen LogP contribution in [0.1, 0.15) is 5.89 Å². The summed E-state index contributed by atoms with van der Waals surface area (Å²) in [5.41, 5.74) is 1.43. The van der Waals surface area contributed by atoms with Gasteiger partial charge in [-0.3, -0.25) is 0 Å². The van der Waals surface area contributed by atoms with E-state index in [0.717, 1.165) is 16.4 Å². The summed E-state index contributed by atoms with van der Waals surface area (Å²) in [4.78, 5) is 4.20. The van der Waals surface area contributed by atoms with Gasteiger partial charge in [-0.2, -0.15) is 0 Å². The van der Waals surface area contributed by atoms with Crippen LogP contribution in [0.5, 0.6) is 5.75 Å². The minimum atomic E-state index is 0.242. The molecule has 0 radical (unpaired) electrons. The molecule has 0 spiro atoms. The summed E-state index contributed by atoms with van der Waals surface area (Å²) >= 11 is 0. The van der Waals surface area contributed by atoms with Gasteiger partial charge in [0, 0.05) is 23.8 Å². The maximum absolute atomic E-state index is 9.80. The lowest BCUT2D eigenvalue weighted by molar-refractivity contribution is 0.482. The van der Waals surface area contributed by atoms with Gasteiger partial charge in [-0.25, -0.2) is 4.98 Å². The van der Waals surface area contributed by atoms with E-state index in [1.54, 1.807) is 13.0 Å². The second-order valence-corrected chi connectivity index (χ2v) is 3.52. The molecule has 0 unspecified atom stereocenters. The van der Waals surface area contributed by atoms with Crippen molar-refractivity contribution < 1.29 is 9.52 Å². The number of oxazole rings is 1. The summed E-state index contributed by atoms with van der Waals surface area (Å²) in [5, 5.41) is 11.5. The van der Waals surface area contributed by atoms with Gasteiger partial charge >= 0.3 is 0 Å². The van der Waals surface area contributed by atoms with Crippen molar-refractivity contribution in [3.8, 4) is 5.75 Å². The molecule has 15 heavy (non-hydrogen) atoms. The summed E-state index contributed by atoms with van der Waals surface area (Å²) in [5.74, 6) is 0.854. The molecule has 0 bridgehead atoms. The third-order valence-corrected chi connectivity index (χ3v) is 2.48. The van der Waals surface area contributed by atoms with Crippen LogP contribution in [0.15, 0.2) is 34.7 Å². The van der Waals surface area contributed by atoms with Crippen LogP contribution < -0.4 is 0 Å². The third kappa shape index (κ3) is 1.09. The van der Waals surface area contributed by atoms with Crippen LogP contribution in [0.2, 0.25) is 0 Å². The fourth-order valence-corrected chi connectivity index (χ4v) is 1.85. The molecule has 3 nitrogen and oxygen atoms in total. The van der Waals surface area contributed by atoms with E-state index in [2.05, 4.69) is 4.98 Å². The molecular weight excluding hydrogens is 190 g/mol. The van der Waals surface area contributed by atoms with Crippen molar-refractivity contribution in [1.82, 2.24) is 4.98 Å². The Labute approximate surface area is 86.0 Å². The van der Waals surface area contributed by atoms with E-state index in [0.29, 0.717) is 11.4 Å². The first-order chi connectivity index (χ1) is 7.25. The Morgan fingerprint density at radius 1 is 1.20 bits per heavy atom. The molecule has 0 aliphatic rings. The number of benzene rings is 2. The van der Waals surface area contributed by atoms with Crippen molar-refractivity contribution in [3.63, 3.8) is 0 Å². The first-order valence-corrected chi connectivity index (χ1v) is 4.73. The highest BCUT2D eigenvalue weighted by Gasteiger charge is 2.09. The Kier molecular flexibility index (Phi) is 1.51. The van der Waals surface area contributed by atoms with Crippen molar-refractivity contribution in [2.24, 2.45) is 0 Å². The number of aromatic nitrogens is 1. The highest BCUT2D eigenvalue weighted by atomic mass is 16.3. The topological polar surface area (TPSA) is 46.3 Å². The fraction of sp³-hybridized carbons (Fsp3) is 0.0833. The standard InChI is InChI=1S/C12H9NO2/c1-7-13-10-6-11(14)8-4-2-3-5-9(8)12(10)15-7/h2-6,14H,1H3. The third-order valence-electron chi connectivity index (χ3n) is 2.48. The van der Waals surface area contributed by atoms with E-state index in [9.17, 15) is 5.11 Å². The van der Waals surface area contributed by atoms with Crippen LogP contribution in [0, 0.1) is 6.92 Å². The summed E-state index contributed by atoms with van der Waals surface area (Å²) < 4.78 is 5.51. The average molecular weight is 199 g/mol. The number of nitrogens with zero attached hydrogens (tertiary/aromatic N) is 1. The van der Waals surface area contributed by atoms with Gasteiger partial charge in [-0.05, 0) is 0 Å². The molecule has 0 fully saturated rings. The lowest BCUT2D eigenvalue weighted by Gasteiger charge is -1.99. The van der Waals surface area contributed by atoms with E-state index >= 15 is 0 Å². The van der Waals surface area contributed by atoms with Gasteiger partial charge in [0.1, 0.15) is 11.3 Å². The first-order valence-electron chi connectivity index (χ1n) is 4.73. The van der Waals surface area contributed by atoms with E-state index < -0.39 is 0 Å². The number of aryl methyl sites for hydroxylation is 1. The lowest BCUT2D eigenvalue weighted by atomic mass is 10.1. The number of phenolic OH excluding ortho intramolecular Hbond substituents is 1. The lowest BCUT2D eigenvalue weighted by Crippen LogP contribution is -1.75. The predicted octanol–water partition coefficient (Wildman–Crippen LogP) is 3.00. The molecule has 0 saturated heterocycles. The first kappa shape index (κ1) is 8.29. The quantitative estimate of drug-likeness (QED) is 0.605. The maximum atomic E-state index is 9.80. The van der Waals surface area contributed by atoms with Crippen molar-refractivity contribution in [2.75, 3.05) is 0 Å². The molecule has 2 aromatic carbocycles. The molecule has 0 atom stereocenters. The second-order valence-electron chi connectivity index (χ2n) is 3.52.